The van der Waals surface area contributed by atoms with Crippen molar-refractivity contribution in [3.05, 3.63) is 0 Å². The number of hydrogen-bond donors (Lipinski definition) is 0. The molecule has 0 rings (SSSR count). The zero-order valence-electron chi connectivity index (χ0n) is 11.0. The summed E-state index contributed by atoms with van der Waals surface area (Å²) in [6, 6.07) is 0. The number of rotatable bonds is 6. The Morgan fingerprint density at radius 2 is 1.44 bits per heavy atom. The maximum atomic E-state index is 10.9. The molecule has 0 saturated heterocycles. The van der Waals surface area contributed by atoms with Gasteiger partial charge in [-0.05, 0) is 24.7 Å². The molecule has 0 unspecified atom stereocenters. The molecular weight excluding hydrogens is 324 g/mol. The Bertz CT molecular complexity index is 328. The number of aliphatic carboxylic acids is 2. The summed E-state index contributed by atoms with van der Waals surface area (Å²) >= 11 is -2.03. The minimum absolute atomic E-state index is 0.0352. The molecule has 0 N–H and O–H groups in total. The number of carboxylic acids is 2. The molecule has 0 aliphatic rings. The van der Waals surface area contributed by atoms with E-state index in [2.05, 4.69) is 0 Å². The molecule has 0 aromatic rings. The van der Waals surface area contributed by atoms with Gasteiger partial charge < -0.3 is 19.8 Å². The monoisotopic (exact) mass is 344 g/mol. The average Bonchev–Trinajstić information content (AvgIpc) is 2.17. The van der Waals surface area contributed by atoms with Crippen molar-refractivity contribution in [1.29, 1.82) is 0 Å². The van der Waals surface area contributed by atoms with Crippen molar-refractivity contribution in [2.45, 2.75) is 47.0 Å². The average molecular weight is 342 g/mol. The van der Waals surface area contributed by atoms with Gasteiger partial charge >= 0.3 is 25.3 Å². The Morgan fingerprint density at radius 1 is 1.06 bits per heavy atom. The van der Waals surface area contributed by atoms with Gasteiger partial charge in [-0.2, -0.15) is 0 Å². The first-order chi connectivity index (χ1) is 8.02. The zero-order chi connectivity index (χ0) is 15.0. The SMILES string of the molecule is CC(C)(CCCC(=O)[O-])C(C)(C)C(=O)[O-].[O]=[Mo+2]=[O]. The van der Waals surface area contributed by atoms with Crippen molar-refractivity contribution in [3.8, 4) is 0 Å². The Morgan fingerprint density at radius 3 is 1.72 bits per heavy atom. The normalized spacial score (nSPS) is 10.9. The fourth-order valence-corrected chi connectivity index (χ4v) is 1.26. The van der Waals surface area contributed by atoms with E-state index in [-0.39, 0.29) is 6.42 Å². The van der Waals surface area contributed by atoms with Crippen LogP contribution in [0.15, 0.2) is 0 Å². The van der Waals surface area contributed by atoms with Crippen molar-refractivity contribution in [1.82, 2.24) is 0 Å². The quantitative estimate of drug-likeness (QED) is 0.599. The molecule has 7 heteroatoms. The fourth-order valence-electron chi connectivity index (χ4n) is 1.26. The van der Waals surface area contributed by atoms with Gasteiger partial charge in [-0.25, -0.2) is 0 Å². The third-order valence-electron chi connectivity index (χ3n) is 3.38. The van der Waals surface area contributed by atoms with Crippen molar-refractivity contribution in [2.75, 3.05) is 0 Å². The molecule has 0 aromatic carbocycles. The summed E-state index contributed by atoms with van der Waals surface area (Å²) in [5.41, 5.74) is -1.47. The molecule has 0 bridgehead atoms. The van der Waals surface area contributed by atoms with E-state index >= 15 is 0 Å². The van der Waals surface area contributed by atoms with E-state index in [1.807, 2.05) is 0 Å². The van der Waals surface area contributed by atoms with Crippen LogP contribution in [0.1, 0.15) is 47.0 Å². The Kier molecular flexibility index (Phi) is 9.08. The van der Waals surface area contributed by atoms with E-state index in [4.69, 9.17) is 6.80 Å². The van der Waals surface area contributed by atoms with Gasteiger partial charge in [-0.1, -0.05) is 27.7 Å². The molecule has 0 amide bonds. The molecule has 0 atom stereocenters. The molecule has 0 aliphatic carbocycles. The summed E-state index contributed by atoms with van der Waals surface area (Å²) in [6.07, 6.45) is 0.903. The standard InChI is InChI=1S/C11H20O4.Mo.2O/c1-10(2,7-5-6-8(12)13)11(3,4)9(14)15;;;/h5-7H2,1-4H3,(H,12,13)(H,14,15);;;/q;+2;;/p-2. The van der Waals surface area contributed by atoms with Crippen LogP contribution in [0, 0.1) is 10.8 Å². The van der Waals surface area contributed by atoms with E-state index in [0.717, 1.165) is 0 Å². The molecule has 0 aromatic heterocycles. The fraction of sp³-hybridized carbons (Fsp3) is 0.818. The predicted octanol–water partition coefficient (Wildman–Crippen LogP) is -0.531. The first-order valence-electron chi connectivity index (χ1n) is 5.36. The summed E-state index contributed by atoms with van der Waals surface area (Å²) in [7, 11) is 0. The van der Waals surface area contributed by atoms with Crippen LogP contribution in [0.5, 0.6) is 0 Å². The summed E-state index contributed by atoms with van der Waals surface area (Å²) in [5, 5.41) is 21.2. The predicted molar refractivity (Wildman–Crippen MR) is 52.8 cm³/mol. The first kappa shape index (κ1) is 19.6. The van der Waals surface area contributed by atoms with Crippen LogP contribution in [-0.4, -0.2) is 11.9 Å². The number of carbonyl (C=O) groups is 2. The van der Waals surface area contributed by atoms with Crippen molar-refractivity contribution in [2.24, 2.45) is 10.8 Å². The van der Waals surface area contributed by atoms with Crippen LogP contribution in [0.3, 0.4) is 0 Å². The van der Waals surface area contributed by atoms with Crippen molar-refractivity contribution in [3.63, 3.8) is 0 Å². The minimum atomic E-state index is -2.03. The second-order valence-corrected chi connectivity index (χ2v) is 5.42. The summed E-state index contributed by atoms with van der Waals surface area (Å²) in [6.45, 7) is 6.80. The van der Waals surface area contributed by atoms with E-state index in [9.17, 15) is 19.8 Å². The van der Waals surface area contributed by atoms with E-state index in [1.54, 1.807) is 27.7 Å². The van der Waals surface area contributed by atoms with Gasteiger partial charge in [0.25, 0.3) is 0 Å². The molecule has 0 heterocycles. The molecule has 0 saturated carbocycles. The van der Waals surface area contributed by atoms with Crippen molar-refractivity contribution < 1.29 is 45.1 Å². The summed E-state index contributed by atoms with van der Waals surface area (Å²) in [4.78, 5) is 21.2. The molecule has 0 fully saturated rings. The Balaban J connectivity index is 0. The van der Waals surface area contributed by atoms with Crippen LogP contribution in [0.2, 0.25) is 0 Å². The van der Waals surface area contributed by atoms with Gasteiger partial charge in [-0.15, -0.1) is 0 Å². The summed E-state index contributed by atoms with van der Waals surface area (Å²) in [5.74, 6) is -2.21. The van der Waals surface area contributed by atoms with Crippen LogP contribution < -0.4 is 10.2 Å². The second-order valence-electron chi connectivity index (χ2n) is 5.09. The van der Waals surface area contributed by atoms with Gasteiger partial charge in [0.2, 0.25) is 0 Å². The van der Waals surface area contributed by atoms with E-state index < -0.39 is 41.3 Å². The summed E-state index contributed by atoms with van der Waals surface area (Å²) < 4.78 is 17.0. The van der Waals surface area contributed by atoms with E-state index in [1.165, 1.54) is 0 Å². The van der Waals surface area contributed by atoms with Crippen LogP contribution in [-0.2, 0) is 34.9 Å². The zero-order valence-corrected chi connectivity index (χ0v) is 13.0. The molecular formula is C11H18MoO6. The third-order valence-corrected chi connectivity index (χ3v) is 3.38. The molecule has 6 nitrogen and oxygen atoms in total. The number of carboxylic acid groups (broad SMARTS) is 2. The van der Waals surface area contributed by atoms with Gasteiger partial charge in [0.15, 0.2) is 0 Å². The van der Waals surface area contributed by atoms with Gasteiger partial charge in [0.1, 0.15) is 0 Å². The number of hydrogen-bond acceptors (Lipinski definition) is 6. The second kappa shape index (κ2) is 8.35. The third kappa shape index (κ3) is 6.84. The van der Waals surface area contributed by atoms with Crippen molar-refractivity contribution >= 4 is 11.9 Å². The molecule has 0 spiro atoms. The van der Waals surface area contributed by atoms with Gasteiger partial charge in [0, 0.05) is 17.4 Å². The van der Waals surface area contributed by atoms with Gasteiger partial charge in [-0.3, -0.25) is 0 Å². The van der Waals surface area contributed by atoms with E-state index in [0.29, 0.717) is 12.8 Å². The van der Waals surface area contributed by atoms with Crippen LogP contribution in [0.25, 0.3) is 0 Å². The first-order valence-corrected chi connectivity index (χ1v) is 7.00. The van der Waals surface area contributed by atoms with Gasteiger partial charge in [0.05, 0.1) is 0 Å². The van der Waals surface area contributed by atoms with Crippen LogP contribution in [0.4, 0.5) is 0 Å². The van der Waals surface area contributed by atoms with Crippen LogP contribution >= 0.6 is 0 Å². The molecule has 104 valence electrons. The molecule has 0 radical (unpaired) electrons. The Labute approximate surface area is 115 Å². The topological polar surface area (TPSA) is 114 Å². The molecule has 18 heavy (non-hydrogen) atoms. The Hall–Kier alpha value is -0.772. The molecule has 0 aliphatic heterocycles. The number of carbonyl (C=O) groups excluding carboxylic acids is 2. The maximum absolute atomic E-state index is 10.9.